The van der Waals surface area contributed by atoms with Gasteiger partial charge in [-0.25, -0.2) is 9.97 Å². The van der Waals surface area contributed by atoms with E-state index in [4.69, 9.17) is 16.6 Å². The summed E-state index contributed by atoms with van der Waals surface area (Å²) in [6.45, 7) is 3.66. The van der Waals surface area contributed by atoms with Crippen molar-refractivity contribution in [3.05, 3.63) is 16.5 Å². The third-order valence-corrected chi connectivity index (χ3v) is 4.15. The Balaban J connectivity index is 1.89. The van der Waals surface area contributed by atoms with Crippen LogP contribution in [-0.2, 0) is 0 Å². The topological polar surface area (TPSA) is 49.2 Å². The Morgan fingerprint density at radius 3 is 2.44 bits per heavy atom. The van der Waals surface area contributed by atoms with Crippen molar-refractivity contribution in [2.45, 2.75) is 44.6 Å². The van der Waals surface area contributed by atoms with Crippen LogP contribution in [0.1, 0.15) is 43.0 Å². The second-order valence-electron chi connectivity index (χ2n) is 5.31. The number of hydrogen-bond donors (Lipinski definition) is 1. The lowest BCUT2D eigenvalue weighted by Crippen LogP contribution is -2.37. The highest BCUT2D eigenvalue weighted by Crippen LogP contribution is 2.40. The minimum absolute atomic E-state index is 0.165. The summed E-state index contributed by atoms with van der Waals surface area (Å²) in [6, 6.07) is 0. The molecule has 18 heavy (non-hydrogen) atoms. The van der Waals surface area contributed by atoms with Gasteiger partial charge in [-0.1, -0.05) is 11.6 Å². The molecule has 0 aromatic carbocycles. The number of hydrogen-bond acceptors (Lipinski definition) is 4. The van der Waals surface area contributed by atoms with E-state index in [0.29, 0.717) is 11.1 Å². The fraction of sp³-hybridized carbons (Fsp3) is 0.692. The first-order valence-electron chi connectivity index (χ1n) is 6.62. The maximum Gasteiger partial charge on any atom is 0.137 e. The van der Waals surface area contributed by atoms with E-state index >= 15 is 0 Å². The molecule has 4 nitrogen and oxygen atoms in total. The van der Waals surface area contributed by atoms with Crippen molar-refractivity contribution in [2.75, 3.05) is 18.0 Å². The summed E-state index contributed by atoms with van der Waals surface area (Å²) >= 11 is 6.21. The molecule has 0 atom stereocenters. The van der Waals surface area contributed by atoms with E-state index in [9.17, 15) is 5.11 Å². The first-order valence-corrected chi connectivity index (χ1v) is 7.00. The number of rotatable bonds is 2. The van der Waals surface area contributed by atoms with Gasteiger partial charge in [0.15, 0.2) is 0 Å². The predicted molar refractivity (Wildman–Crippen MR) is 71.2 cm³/mol. The van der Waals surface area contributed by atoms with Gasteiger partial charge in [0.25, 0.3) is 0 Å². The van der Waals surface area contributed by atoms with Crippen molar-refractivity contribution in [1.82, 2.24) is 9.97 Å². The van der Waals surface area contributed by atoms with E-state index in [2.05, 4.69) is 9.88 Å². The quantitative estimate of drug-likeness (QED) is 0.836. The van der Waals surface area contributed by atoms with Gasteiger partial charge in [-0.05, 0) is 32.6 Å². The second-order valence-corrected chi connectivity index (χ2v) is 5.67. The molecule has 1 saturated carbocycles. The molecule has 0 spiro atoms. The monoisotopic (exact) mass is 267 g/mol. The van der Waals surface area contributed by atoms with Crippen LogP contribution in [0.15, 0.2) is 0 Å². The molecule has 5 heteroatoms. The molecule has 0 amide bonds. The van der Waals surface area contributed by atoms with Crippen LogP contribution >= 0.6 is 11.6 Å². The third-order valence-electron chi connectivity index (χ3n) is 3.78. The average molecular weight is 268 g/mol. The molecular formula is C13H18ClN3O. The molecule has 0 radical (unpaired) electrons. The molecule has 98 valence electrons. The first kappa shape index (κ1) is 12.2. The molecule has 0 bridgehead atoms. The van der Waals surface area contributed by atoms with E-state index in [-0.39, 0.29) is 6.10 Å². The maximum absolute atomic E-state index is 9.57. The lowest BCUT2D eigenvalue weighted by molar-refractivity contribution is 0.145. The minimum Gasteiger partial charge on any atom is -0.393 e. The van der Waals surface area contributed by atoms with Crippen LogP contribution in [0.4, 0.5) is 5.82 Å². The van der Waals surface area contributed by atoms with Crippen LogP contribution < -0.4 is 4.90 Å². The average Bonchev–Trinajstić information content (AvgIpc) is 3.18. The summed E-state index contributed by atoms with van der Waals surface area (Å²) in [4.78, 5) is 11.3. The van der Waals surface area contributed by atoms with Gasteiger partial charge in [0.1, 0.15) is 16.8 Å². The summed E-state index contributed by atoms with van der Waals surface area (Å²) in [5.74, 6) is 2.37. The molecule has 2 aliphatic rings. The largest absolute Gasteiger partial charge is 0.393 e. The number of halogens is 1. The molecule has 1 aliphatic heterocycles. The summed E-state index contributed by atoms with van der Waals surface area (Å²) in [5, 5.41) is 10.1. The van der Waals surface area contributed by atoms with Crippen molar-refractivity contribution >= 4 is 17.4 Å². The number of aromatic nitrogens is 2. The van der Waals surface area contributed by atoms with Crippen molar-refractivity contribution in [3.63, 3.8) is 0 Å². The molecular weight excluding hydrogens is 250 g/mol. The molecule has 1 aromatic heterocycles. The number of aliphatic hydroxyl groups is 1. The number of piperidine rings is 1. The highest BCUT2D eigenvalue weighted by atomic mass is 35.5. The van der Waals surface area contributed by atoms with Crippen LogP contribution in [0, 0.1) is 6.92 Å². The molecule has 1 saturated heterocycles. The Hall–Kier alpha value is -0.870. The van der Waals surface area contributed by atoms with Gasteiger partial charge in [-0.2, -0.15) is 0 Å². The standard InChI is InChI=1S/C13H18ClN3O/c1-8-11(14)15-12(9-2-3-9)16-13(8)17-6-4-10(18)5-7-17/h9-10,18H,2-7H2,1H3. The number of anilines is 1. The first-order chi connectivity index (χ1) is 8.65. The number of aliphatic hydroxyl groups excluding tert-OH is 1. The van der Waals surface area contributed by atoms with E-state index in [1.54, 1.807) is 0 Å². The smallest absolute Gasteiger partial charge is 0.137 e. The molecule has 0 unspecified atom stereocenters. The maximum atomic E-state index is 9.57. The fourth-order valence-corrected chi connectivity index (χ4v) is 2.57. The Morgan fingerprint density at radius 1 is 1.17 bits per heavy atom. The Labute approximate surface area is 112 Å². The summed E-state index contributed by atoms with van der Waals surface area (Å²) in [6.07, 6.45) is 3.80. The zero-order chi connectivity index (χ0) is 12.7. The van der Waals surface area contributed by atoms with Gasteiger partial charge in [-0.3, -0.25) is 0 Å². The van der Waals surface area contributed by atoms with Crippen molar-refractivity contribution in [1.29, 1.82) is 0 Å². The van der Waals surface area contributed by atoms with Crippen LogP contribution in [0.2, 0.25) is 5.15 Å². The van der Waals surface area contributed by atoms with Crippen molar-refractivity contribution in [2.24, 2.45) is 0 Å². The van der Waals surface area contributed by atoms with Gasteiger partial charge >= 0.3 is 0 Å². The fourth-order valence-electron chi connectivity index (χ4n) is 2.40. The lowest BCUT2D eigenvalue weighted by Gasteiger charge is -2.31. The SMILES string of the molecule is Cc1c(Cl)nc(C2CC2)nc1N1CCC(O)CC1. The molecule has 2 heterocycles. The summed E-state index contributed by atoms with van der Waals surface area (Å²) in [5.41, 5.74) is 0.956. The van der Waals surface area contributed by atoms with Crippen LogP contribution in [0.25, 0.3) is 0 Å². The molecule has 1 aliphatic carbocycles. The van der Waals surface area contributed by atoms with Crippen LogP contribution in [-0.4, -0.2) is 34.3 Å². The summed E-state index contributed by atoms with van der Waals surface area (Å²) in [7, 11) is 0. The Bertz CT molecular complexity index is 454. The number of nitrogens with zero attached hydrogens (tertiary/aromatic N) is 3. The lowest BCUT2D eigenvalue weighted by atomic mass is 10.1. The Kier molecular flexibility index (Phi) is 3.16. The van der Waals surface area contributed by atoms with E-state index in [0.717, 1.165) is 43.1 Å². The minimum atomic E-state index is -0.165. The molecule has 1 N–H and O–H groups in total. The molecule has 1 aromatic rings. The summed E-state index contributed by atoms with van der Waals surface area (Å²) < 4.78 is 0. The zero-order valence-corrected chi connectivity index (χ0v) is 11.3. The van der Waals surface area contributed by atoms with E-state index < -0.39 is 0 Å². The van der Waals surface area contributed by atoms with Gasteiger partial charge in [0, 0.05) is 24.6 Å². The van der Waals surface area contributed by atoms with Gasteiger partial charge in [0.2, 0.25) is 0 Å². The van der Waals surface area contributed by atoms with Crippen LogP contribution in [0.3, 0.4) is 0 Å². The Morgan fingerprint density at radius 2 is 1.83 bits per heavy atom. The van der Waals surface area contributed by atoms with Gasteiger partial charge in [-0.15, -0.1) is 0 Å². The zero-order valence-electron chi connectivity index (χ0n) is 10.6. The highest BCUT2D eigenvalue weighted by molar-refractivity contribution is 6.30. The van der Waals surface area contributed by atoms with Crippen LogP contribution in [0.5, 0.6) is 0 Å². The van der Waals surface area contributed by atoms with E-state index in [1.165, 1.54) is 12.8 Å². The van der Waals surface area contributed by atoms with Gasteiger partial charge < -0.3 is 10.0 Å². The van der Waals surface area contributed by atoms with Crippen molar-refractivity contribution < 1.29 is 5.11 Å². The third kappa shape index (κ3) is 2.31. The highest BCUT2D eigenvalue weighted by Gasteiger charge is 2.29. The normalized spacial score (nSPS) is 21.4. The van der Waals surface area contributed by atoms with Crippen molar-refractivity contribution in [3.8, 4) is 0 Å². The van der Waals surface area contributed by atoms with Gasteiger partial charge in [0.05, 0.1) is 6.10 Å². The molecule has 3 rings (SSSR count). The van der Waals surface area contributed by atoms with E-state index in [1.807, 2.05) is 6.92 Å². The predicted octanol–water partition coefficient (Wildman–Crippen LogP) is 2.28. The second kappa shape index (κ2) is 4.67. The molecule has 2 fully saturated rings.